The van der Waals surface area contributed by atoms with Crippen molar-refractivity contribution in [2.24, 2.45) is 5.73 Å². The van der Waals surface area contributed by atoms with Gasteiger partial charge in [-0.1, -0.05) is 56.3 Å². The number of carbonyl (C=O) groups excluding carboxylic acids is 2. The highest BCUT2D eigenvalue weighted by Crippen LogP contribution is 2.34. The zero-order valence-corrected chi connectivity index (χ0v) is 20.3. The van der Waals surface area contributed by atoms with E-state index >= 15 is 0 Å². The fraction of sp³-hybridized carbons (Fsp3) is 0.231. The van der Waals surface area contributed by atoms with Crippen LogP contribution in [0.5, 0.6) is 5.75 Å². The number of benzene rings is 3. The molecule has 3 aromatic rings. The van der Waals surface area contributed by atoms with Gasteiger partial charge in [-0.05, 0) is 47.9 Å². The number of nitrogens with two attached hydrogens (primary N) is 1. The first-order valence-corrected chi connectivity index (χ1v) is 12.7. The predicted molar refractivity (Wildman–Crippen MR) is 134 cm³/mol. The Morgan fingerprint density at radius 1 is 1.00 bits per heavy atom. The van der Waals surface area contributed by atoms with Gasteiger partial charge in [0, 0.05) is 0 Å². The van der Waals surface area contributed by atoms with E-state index in [1.165, 1.54) is 17.0 Å². The molecule has 0 spiro atoms. The van der Waals surface area contributed by atoms with Gasteiger partial charge in [-0.15, -0.1) is 0 Å². The molecule has 9 heteroatoms. The molecular weight excluding hydrogens is 466 g/mol. The van der Waals surface area contributed by atoms with Crippen molar-refractivity contribution < 1.29 is 22.7 Å². The maximum atomic E-state index is 13.6. The van der Waals surface area contributed by atoms with Crippen molar-refractivity contribution in [1.29, 1.82) is 0 Å². The van der Waals surface area contributed by atoms with E-state index < -0.39 is 34.5 Å². The molecule has 0 saturated heterocycles. The van der Waals surface area contributed by atoms with Crippen LogP contribution in [0, 0.1) is 0 Å². The second kappa shape index (κ2) is 9.79. The molecule has 1 aliphatic heterocycles. The van der Waals surface area contributed by atoms with Gasteiger partial charge in [0.25, 0.3) is 15.9 Å². The largest absolute Gasteiger partial charge is 0.477 e. The summed E-state index contributed by atoms with van der Waals surface area (Å²) in [5, 5.41) is 0. The number of ether oxygens (including phenoxy) is 1. The third-order valence-corrected chi connectivity index (χ3v) is 7.64. The van der Waals surface area contributed by atoms with E-state index in [-0.39, 0.29) is 17.4 Å². The number of hydrogen-bond acceptors (Lipinski definition) is 5. The zero-order valence-electron chi connectivity index (χ0n) is 19.5. The van der Waals surface area contributed by atoms with E-state index in [0.29, 0.717) is 17.1 Å². The van der Waals surface area contributed by atoms with Crippen LogP contribution in [0.25, 0.3) is 0 Å². The van der Waals surface area contributed by atoms with Crippen LogP contribution in [-0.4, -0.2) is 39.4 Å². The van der Waals surface area contributed by atoms with Crippen molar-refractivity contribution >= 4 is 33.2 Å². The Morgan fingerprint density at radius 3 is 2.26 bits per heavy atom. The Balaban J connectivity index is 1.73. The van der Waals surface area contributed by atoms with E-state index in [1.807, 2.05) is 26.0 Å². The lowest BCUT2D eigenvalue weighted by atomic mass is 10.0. The number of hydrogen-bond donors (Lipinski definition) is 1. The highest BCUT2D eigenvalue weighted by atomic mass is 32.2. The molecule has 0 bridgehead atoms. The summed E-state index contributed by atoms with van der Waals surface area (Å²) < 4.78 is 34.0. The number of sulfonamides is 1. The van der Waals surface area contributed by atoms with E-state index in [1.54, 1.807) is 54.6 Å². The third kappa shape index (κ3) is 5.00. The first-order chi connectivity index (χ1) is 16.7. The second-order valence-corrected chi connectivity index (χ2v) is 10.4. The molecule has 0 radical (unpaired) electrons. The fourth-order valence-corrected chi connectivity index (χ4v) is 5.32. The summed E-state index contributed by atoms with van der Waals surface area (Å²) in [6.07, 6.45) is -1.04. The van der Waals surface area contributed by atoms with Gasteiger partial charge in [-0.3, -0.25) is 13.9 Å². The Morgan fingerprint density at radius 2 is 1.63 bits per heavy atom. The topological polar surface area (TPSA) is 110 Å². The molecule has 1 aliphatic rings. The average Bonchev–Trinajstić information content (AvgIpc) is 2.86. The van der Waals surface area contributed by atoms with Gasteiger partial charge in [-0.2, -0.15) is 0 Å². The van der Waals surface area contributed by atoms with Gasteiger partial charge in [0.15, 0.2) is 6.10 Å². The summed E-state index contributed by atoms with van der Waals surface area (Å²) in [6.45, 7) is 3.50. The molecule has 0 aliphatic carbocycles. The Bertz CT molecular complexity index is 1320. The van der Waals surface area contributed by atoms with Gasteiger partial charge >= 0.3 is 0 Å². The number of nitrogens with zero attached hydrogens (tertiary/aromatic N) is 2. The highest BCUT2D eigenvalue weighted by Gasteiger charge is 2.35. The number of primary amides is 1. The van der Waals surface area contributed by atoms with Crippen LogP contribution in [0.3, 0.4) is 0 Å². The van der Waals surface area contributed by atoms with Gasteiger partial charge in [0.1, 0.15) is 12.3 Å². The van der Waals surface area contributed by atoms with Crippen molar-refractivity contribution in [2.75, 3.05) is 22.3 Å². The molecule has 35 heavy (non-hydrogen) atoms. The summed E-state index contributed by atoms with van der Waals surface area (Å²) in [7, 11) is -4.07. The molecule has 0 fully saturated rings. The minimum atomic E-state index is -4.07. The van der Waals surface area contributed by atoms with Gasteiger partial charge in [-0.25, -0.2) is 8.42 Å². The minimum Gasteiger partial charge on any atom is -0.477 e. The number of amides is 2. The lowest BCUT2D eigenvalue weighted by molar-refractivity contribution is -0.125. The smallest absolute Gasteiger partial charge is 0.264 e. The van der Waals surface area contributed by atoms with E-state index in [2.05, 4.69) is 0 Å². The van der Waals surface area contributed by atoms with Crippen molar-refractivity contribution in [3.63, 3.8) is 0 Å². The summed E-state index contributed by atoms with van der Waals surface area (Å²) in [4.78, 5) is 26.9. The molecule has 3 aromatic carbocycles. The Kier molecular flexibility index (Phi) is 6.79. The number of rotatable bonds is 7. The Hall–Kier alpha value is -3.85. The van der Waals surface area contributed by atoms with Crippen molar-refractivity contribution in [3.05, 3.63) is 84.4 Å². The van der Waals surface area contributed by atoms with Gasteiger partial charge < -0.3 is 15.4 Å². The summed E-state index contributed by atoms with van der Waals surface area (Å²) in [5.41, 5.74) is 7.31. The van der Waals surface area contributed by atoms with Crippen molar-refractivity contribution in [1.82, 2.24) is 0 Å². The first kappa shape index (κ1) is 24.3. The van der Waals surface area contributed by atoms with Crippen LogP contribution in [0.1, 0.15) is 25.3 Å². The molecule has 1 atom stereocenters. The lowest BCUT2D eigenvalue weighted by Gasteiger charge is -2.35. The lowest BCUT2D eigenvalue weighted by Crippen LogP contribution is -2.52. The molecule has 2 amide bonds. The number of anilines is 2. The van der Waals surface area contributed by atoms with Crippen LogP contribution in [0.2, 0.25) is 0 Å². The molecule has 2 N–H and O–H groups in total. The predicted octanol–water partition coefficient (Wildman–Crippen LogP) is 3.28. The van der Waals surface area contributed by atoms with Crippen LogP contribution in [0.4, 0.5) is 11.4 Å². The van der Waals surface area contributed by atoms with Crippen LogP contribution in [0.15, 0.2) is 83.8 Å². The van der Waals surface area contributed by atoms with E-state index in [4.69, 9.17) is 10.5 Å². The minimum absolute atomic E-state index is 0.0677. The monoisotopic (exact) mass is 493 g/mol. The highest BCUT2D eigenvalue weighted by molar-refractivity contribution is 7.92. The Labute approximate surface area is 205 Å². The van der Waals surface area contributed by atoms with Crippen LogP contribution >= 0.6 is 0 Å². The molecular formula is C26H27N3O5S. The maximum Gasteiger partial charge on any atom is 0.264 e. The van der Waals surface area contributed by atoms with Crippen LogP contribution in [-0.2, 0) is 19.6 Å². The van der Waals surface area contributed by atoms with Gasteiger partial charge in [0.2, 0.25) is 5.91 Å². The summed E-state index contributed by atoms with van der Waals surface area (Å²) in [5.74, 6) is -0.634. The standard InChI is InChI=1S/C26H27N3O5S/c1-18(2)19-12-14-20(15-13-19)29(35(32,33)21-8-4-3-5-9-21)17-25(30)28-16-24(26(27)31)34-23-11-7-6-10-22(23)28/h3-15,18,24H,16-17H2,1-2H3,(H2,27,31)/t24-/m1/s1. The molecule has 1 heterocycles. The molecule has 0 unspecified atom stereocenters. The maximum absolute atomic E-state index is 13.6. The number of carbonyl (C=O) groups is 2. The zero-order chi connectivity index (χ0) is 25.2. The van der Waals surface area contributed by atoms with Crippen molar-refractivity contribution in [2.45, 2.75) is 30.8 Å². The normalized spacial score (nSPS) is 15.3. The summed E-state index contributed by atoms with van der Waals surface area (Å²) in [6, 6.07) is 21.8. The van der Waals surface area contributed by atoms with E-state index in [9.17, 15) is 18.0 Å². The SMILES string of the molecule is CC(C)c1ccc(N(CC(=O)N2C[C@H](C(N)=O)Oc3ccccc32)S(=O)(=O)c2ccccc2)cc1. The second-order valence-electron chi connectivity index (χ2n) is 8.55. The van der Waals surface area contributed by atoms with Crippen LogP contribution < -0.4 is 19.7 Å². The molecule has 0 saturated carbocycles. The first-order valence-electron chi connectivity index (χ1n) is 11.2. The molecule has 182 valence electrons. The molecule has 0 aromatic heterocycles. The van der Waals surface area contributed by atoms with Gasteiger partial charge in [0.05, 0.1) is 22.8 Å². The van der Waals surface area contributed by atoms with E-state index in [0.717, 1.165) is 9.87 Å². The molecule has 4 rings (SSSR count). The number of para-hydroxylation sites is 2. The quantitative estimate of drug-likeness (QED) is 0.543. The number of fused-ring (bicyclic) bond motifs is 1. The summed E-state index contributed by atoms with van der Waals surface area (Å²) >= 11 is 0. The molecule has 8 nitrogen and oxygen atoms in total. The fourth-order valence-electron chi connectivity index (χ4n) is 3.89. The average molecular weight is 494 g/mol. The van der Waals surface area contributed by atoms with Crippen molar-refractivity contribution in [3.8, 4) is 5.75 Å². The third-order valence-electron chi connectivity index (χ3n) is 5.85.